The van der Waals surface area contributed by atoms with Crippen LogP contribution in [-0.4, -0.2) is 39.7 Å². The molecule has 1 aliphatic rings. The van der Waals surface area contributed by atoms with Crippen molar-refractivity contribution in [2.24, 2.45) is 0 Å². The fourth-order valence-electron chi connectivity index (χ4n) is 2.56. The third-order valence-electron chi connectivity index (χ3n) is 3.73. The lowest BCUT2D eigenvalue weighted by molar-refractivity contribution is 0.0366. The minimum absolute atomic E-state index is 0.188. The van der Waals surface area contributed by atoms with Crippen LogP contribution in [0.3, 0.4) is 0 Å². The maximum Gasteiger partial charge on any atom is 0.284 e. The molecule has 5 nitrogen and oxygen atoms in total. The molecule has 2 unspecified atom stereocenters. The smallest absolute Gasteiger partial charge is 0.284 e. The van der Waals surface area contributed by atoms with E-state index in [1.807, 2.05) is 5.01 Å². The predicted octanol–water partition coefficient (Wildman–Crippen LogP) is 1.33. The Morgan fingerprint density at radius 1 is 1.43 bits per heavy atom. The van der Waals surface area contributed by atoms with Crippen molar-refractivity contribution < 1.29 is 9.90 Å². The van der Waals surface area contributed by atoms with Crippen LogP contribution in [0.2, 0.25) is 0 Å². The van der Waals surface area contributed by atoms with Gasteiger partial charge in [0, 0.05) is 23.8 Å². The monoisotopic (exact) mass is 287 g/mol. The van der Waals surface area contributed by atoms with Crippen LogP contribution in [0.5, 0.6) is 0 Å². The lowest BCUT2D eigenvalue weighted by Crippen LogP contribution is -2.54. The van der Waals surface area contributed by atoms with Crippen LogP contribution in [0, 0.1) is 11.8 Å². The zero-order valence-corrected chi connectivity index (χ0v) is 12.5. The Balaban J connectivity index is 2.02. The molecule has 112 valence electrons. The lowest BCUT2D eigenvalue weighted by atomic mass is 10.00. The van der Waals surface area contributed by atoms with Crippen LogP contribution in [0.25, 0.3) is 0 Å². The number of pyridine rings is 1. The van der Waals surface area contributed by atoms with E-state index in [1.165, 1.54) is 6.42 Å². The molecule has 2 atom stereocenters. The summed E-state index contributed by atoms with van der Waals surface area (Å²) in [6.45, 7) is 4.06. The summed E-state index contributed by atoms with van der Waals surface area (Å²) in [5.41, 5.74) is 4.00. The zero-order valence-electron chi connectivity index (χ0n) is 12.5. The molecule has 1 aromatic heterocycles. The van der Waals surface area contributed by atoms with Crippen LogP contribution in [0.4, 0.5) is 0 Å². The summed E-state index contributed by atoms with van der Waals surface area (Å²) < 4.78 is 0. The molecule has 2 rings (SSSR count). The molecule has 2 heterocycles. The Kier molecular flexibility index (Phi) is 5.32. The Labute approximate surface area is 125 Å². The average molecular weight is 287 g/mol. The molecule has 0 saturated carbocycles. The Hall–Kier alpha value is -1.90. The number of aliphatic hydroxyl groups is 1. The second-order valence-electron chi connectivity index (χ2n) is 5.37. The molecule has 5 heteroatoms. The van der Waals surface area contributed by atoms with Gasteiger partial charge in [-0.2, -0.15) is 0 Å². The molecule has 0 bridgehead atoms. The molecule has 0 aliphatic carbocycles. The van der Waals surface area contributed by atoms with Crippen molar-refractivity contribution >= 4 is 5.91 Å². The topological polar surface area (TPSA) is 65.5 Å². The third kappa shape index (κ3) is 4.03. The maximum absolute atomic E-state index is 12.2. The van der Waals surface area contributed by atoms with E-state index >= 15 is 0 Å². The molecule has 1 amide bonds. The van der Waals surface area contributed by atoms with Crippen LogP contribution < -0.4 is 5.43 Å². The van der Waals surface area contributed by atoms with Gasteiger partial charge in [0.05, 0.1) is 0 Å². The number of piperidine rings is 1. The molecule has 1 saturated heterocycles. The predicted molar refractivity (Wildman–Crippen MR) is 80.3 cm³/mol. The quantitative estimate of drug-likeness (QED) is 0.806. The Morgan fingerprint density at radius 3 is 2.71 bits per heavy atom. The summed E-state index contributed by atoms with van der Waals surface area (Å²) in [6.07, 6.45) is 4.92. The number of hydrogen-bond donors (Lipinski definition) is 2. The highest BCUT2D eigenvalue weighted by Gasteiger charge is 2.26. The van der Waals surface area contributed by atoms with E-state index < -0.39 is 0 Å². The maximum atomic E-state index is 12.2. The van der Waals surface area contributed by atoms with E-state index in [0.717, 1.165) is 12.8 Å². The van der Waals surface area contributed by atoms with Crippen LogP contribution >= 0.6 is 0 Å². The minimum atomic E-state index is -0.197. The van der Waals surface area contributed by atoms with Crippen molar-refractivity contribution in [3.05, 3.63) is 29.6 Å². The number of carbonyl (C=O) groups excluding carboxylic acids is 1. The van der Waals surface area contributed by atoms with Crippen molar-refractivity contribution in [1.29, 1.82) is 0 Å². The molecule has 0 spiro atoms. The number of rotatable bonds is 2. The summed E-state index contributed by atoms with van der Waals surface area (Å²) in [5.74, 6) is 5.10. The number of nitrogens with one attached hydrogen (secondary N) is 1. The zero-order chi connectivity index (χ0) is 15.2. The van der Waals surface area contributed by atoms with E-state index in [1.54, 1.807) is 18.3 Å². The van der Waals surface area contributed by atoms with E-state index in [-0.39, 0.29) is 12.5 Å². The number of hydrazine groups is 1. The fourth-order valence-corrected chi connectivity index (χ4v) is 2.56. The van der Waals surface area contributed by atoms with E-state index in [9.17, 15) is 4.79 Å². The van der Waals surface area contributed by atoms with Crippen molar-refractivity contribution in [2.75, 3.05) is 6.61 Å². The largest absolute Gasteiger partial charge is 0.384 e. The molecule has 1 fully saturated rings. The van der Waals surface area contributed by atoms with Gasteiger partial charge in [-0.3, -0.25) is 10.2 Å². The molecule has 21 heavy (non-hydrogen) atoms. The summed E-state index contributed by atoms with van der Waals surface area (Å²) in [5, 5.41) is 10.7. The summed E-state index contributed by atoms with van der Waals surface area (Å²) in [4.78, 5) is 16.4. The number of amides is 1. The Morgan fingerprint density at radius 2 is 2.14 bits per heavy atom. The molecular weight excluding hydrogens is 266 g/mol. The van der Waals surface area contributed by atoms with Crippen LogP contribution in [0.15, 0.2) is 18.3 Å². The first kappa shape index (κ1) is 15.5. The molecule has 0 radical (unpaired) electrons. The first-order valence-corrected chi connectivity index (χ1v) is 7.27. The van der Waals surface area contributed by atoms with Gasteiger partial charge in [-0.25, -0.2) is 9.99 Å². The van der Waals surface area contributed by atoms with Gasteiger partial charge in [0.1, 0.15) is 12.3 Å². The van der Waals surface area contributed by atoms with Crippen molar-refractivity contribution in [1.82, 2.24) is 15.4 Å². The fraction of sp³-hybridized carbons (Fsp3) is 0.500. The number of aromatic nitrogens is 1. The van der Waals surface area contributed by atoms with Gasteiger partial charge in [-0.05, 0) is 38.8 Å². The summed E-state index contributed by atoms with van der Waals surface area (Å²) in [6, 6.07) is 4.06. The molecular formula is C16H21N3O2. The third-order valence-corrected chi connectivity index (χ3v) is 3.73. The Bertz CT molecular complexity index is 535. The van der Waals surface area contributed by atoms with Gasteiger partial charge < -0.3 is 5.11 Å². The first-order valence-electron chi connectivity index (χ1n) is 7.27. The highest BCUT2D eigenvalue weighted by Crippen LogP contribution is 2.20. The second-order valence-corrected chi connectivity index (χ2v) is 5.37. The molecule has 1 aliphatic heterocycles. The lowest BCUT2D eigenvalue weighted by Gasteiger charge is -2.38. The molecule has 2 N–H and O–H groups in total. The second kappa shape index (κ2) is 7.21. The van der Waals surface area contributed by atoms with Crippen molar-refractivity contribution in [2.45, 2.75) is 45.2 Å². The molecule has 0 aromatic carbocycles. The number of hydrogen-bond acceptors (Lipinski definition) is 4. The number of carbonyl (C=O) groups is 1. The first-order chi connectivity index (χ1) is 10.1. The van der Waals surface area contributed by atoms with Gasteiger partial charge in [-0.15, -0.1) is 0 Å². The van der Waals surface area contributed by atoms with Gasteiger partial charge >= 0.3 is 0 Å². The highest BCUT2D eigenvalue weighted by atomic mass is 16.2. The number of nitrogens with zero attached hydrogens (tertiary/aromatic N) is 2. The molecule has 1 aromatic rings. The number of aliphatic hydroxyl groups excluding tert-OH is 1. The van der Waals surface area contributed by atoms with E-state index in [2.05, 4.69) is 36.1 Å². The minimum Gasteiger partial charge on any atom is -0.384 e. The van der Waals surface area contributed by atoms with E-state index in [4.69, 9.17) is 5.11 Å². The summed E-state index contributed by atoms with van der Waals surface area (Å²) >= 11 is 0. The van der Waals surface area contributed by atoms with Gasteiger partial charge in [0.2, 0.25) is 0 Å². The average Bonchev–Trinajstić information content (AvgIpc) is 2.49. The normalized spacial score (nSPS) is 22.2. The van der Waals surface area contributed by atoms with Crippen molar-refractivity contribution in [3.63, 3.8) is 0 Å². The van der Waals surface area contributed by atoms with Crippen molar-refractivity contribution in [3.8, 4) is 11.8 Å². The van der Waals surface area contributed by atoms with Gasteiger partial charge in [0.15, 0.2) is 0 Å². The van der Waals surface area contributed by atoms with Crippen LogP contribution in [-0.2, 0) is 0 Å². The highest BCUT2D eigenvalue weighted by molar-refractivity contribution is 5.91. The van der Waals surface area contributed by atoms with Gasteiger partial charge in [0.25, 0.3) is 5.91 Å². The summed E-state index contributed by atoms with van der Waals surface area (Å²) in [7, 11) is 0. The van der Waals surface area contributed by atoms with Gasteiger partial charge in [-0.1, -0.05) is 18.3 Å². The SMILES string of the molecule is CC1CCCC(C)N1NC(=O)c1ccc(C#CCO)cn1. The van der Waals surface area contributed by atoms with E-state index in [0.29, 0.717) is 23.3 Å². The standard InChI is InChI=1S/C16H21N3O2/c1-12-5-3-6-13(2)19(12)18-16(21)15-9-8-14(11-17-15)7-4-10-20/h8-9,11-13,20H,3,5-6,10H2,1-2H3,(H,18,21). The van der Waals surface area contributed by atoms with Crippen LogP contribution in [0.1, 0.15) is 49.2 Å².